The molecule has 0 bridgehead atoms. The Morgan fingerprint density at radius 3 is 2.62 bits per heavy atom. The molecule has 0 unspecified atom stereocenters. The number of carbonyl (C=O) groups is 1. The first-order valence-electron chi connectivity index (χ1n) is 6.57. The summed E-state index contributed by atoms with van der Waals surface area (Å²) in [7, 11) is 1.57. The molecule has 0 saturated carbocycles. The SMILES string of the molecule is COc1ccc(C(=O)NCCn2nc(C)ccc2=O)cc1. The first-order chi connectivity index (χ1) is 10.1. The third-order valence-corrected chi connectivity index (χ3v) is 2.96. The first-order valence-corrected chi connectivity index (χ1v) is 6.57. The Labute approximate surface area is 122 Å². The van der Waals surface area contributed by atoms with Crippen molar-refractivity contribution in [1.29, 1.82) is 0 Å². The monoisotopic (exact) mass is 287 g/mol. The summed E-state index contributed by atoms with van der Waals surface area (Å²) in [5, 5.41) is 6.85. The van der Waals surface area contributed by atoms with Crippen LogP contribution in [0.25, 0.3) is 0 Å². The predicted molar refractivity (Wildman–Crippen MR) is 78.6 cm³/mol. The van der Waals surface area contributed by atoms with Crippen molar-refractivity contribution >= 4 is 5.91 Å². The van der Waals surface area contributed by atoms with Gasteiger partial charge in [-0.15, -0.1) is 0 Å². The number of carbonyl (C=O) groups excluding carboxylic acids is 1. The third-order valence-electron chi connectivity index (χ3n) is 2.96. The van der Waals surface area contributed by atoms with Crippen molar-refractivity contribution in [1.82, 2.24) is 15.1 Å². The van der Waals surface area contributed by atoms with Crippen molar-refractivity contribution < 1.29 is 9.53 Å². The third kappa shape index (κ3) is 3.92. The van der Waals surface area contributed by atoms with Crippen molar-refractivity contribution in [3.05, 3.63) is 58.0 Å². The van der Waals surface area contributed by atoms with Gasteiger partial charge in [-0.3, -0.25) is 9.59 Å². The van der Waals surface area contributed by atoms with Crippen LogP contribution in [-0.2, 0) is 6.54 Å². The fraction of sp³-hybridized carbons (Fsp3) is 0.267. The van der Waals surface area contributed by atoms with Gasteiger partial charge in [0.2, 0.25) is 0 Å². The van der Waals surface area contributed by atoms with Gasteiger partial charge in [-0.2, -0.15) is 5.10 Å². The van der Waals surface area contributed by atoms with Gasteiger partial charge in [-0.25, -0.2) is 4.68 Å². The standard InChI is InChI=1S/C15H17N3O3/c1-11-3-8-14(19)18(17-11)10-9-16-15(20)12-4-6-13(21-2)7-5-12/h3-8H,9-10H2,1-2H3,(H,16,20). The second-order valence-electron chi connectivity index (χ2n) is 4.52. The number of hydrogen-bond donors (Lipinski definition) is 1. The van der Waals surface area contributed by atoms with E-state index >= 15 is 0 Å². The lowest BCUT2D eigenvalue weighted by molar-refractivity contribution is 0.0951. The zero-order valence-corrected chi connectivity index (χ0v) is 12.0. The van der Waals surface area contributed by atoms with Gasteiger partial charge in [0.1, 0.15) is 5.75 Å². The average molecular weight is 287 g/mol. The summed E-state index contributed by atoms with van der Waals surface area (Å²) in [4.78, 5) is 23.5. The Morgan fingerprint density at radius 2 is 1.95 bits per heavy atom. The highest BCUT2D eigenvalue weighted by Gasteiger charge is 2.05. The number of ether oxygens (including phenoxy) is 1. The molecular formula is C15H17N3O3. The summed E-state index contributed by atoms with van der Waals surface area (Å²) in [6.07, 6.45) is 0. The normalized spacial score (nSPS) is 10.2. The van der Waals surface area contributed by atoms with Crippen molar-refractivity contribution in [2.24, 2.45) is 0 Å². The van der Waals surface area contributed by atoms with Gasteiger partial charge in [0, 0.05) is 18.2 Å². The maximum Gasteiger partial charge on any atom is 0.266 e. The molecule has 6 heteroatoms. The number of nitrogens with zero attached hydrogens (tertiary/aromatic N) is 2. The van der Waals surface area contributed by atoms with Crippen LogP contribution < -0.4 is 15.6 Å². The fourth-order valence-corrected chi connectivity index (χ4v) is 1.83. The summed E-state index contributed by atoms with van der Waals surface area (Å²) >= 11 is 0. The zero-order chi connectivity index (χ0) is 15.2. The Morgan fingerprint density at radius 1 is 1.24 bits per heavy atom. The number of benzene rings is 1. The minimum absolute atomic E-state index is 0.181. The number of aryl methyl sites for hydroxylation is 1. The minimum atomic E-state index is -0.196. The Hall–Kier alpha value is -2.63. The van der Waals surface area contributed by atoms with Crippen LogP contribution in [0.15, 0.2) is 41.2 Å². The molecule has 21 heavy (non-hydrogen) atoms. The van der Waals surface area contributed by atoms with E-state index in [1.54, 1.807) is 37.4 Å². The van der Waals surface area contributed by atoms with Crippen LogP contribution in [0.4, 0.5) is 0 Å². The van der Waals surface area contributed by atoms with Crippen LogP contribution in [0, 0.1) is 6.92 Å². The van der Waals surface area contributed by atoms with Crippen LogP contribution >= 0.6 is 0 Å². The summed E-state index contributed by atoms with van der Waals surface area (Å²) in [5.41, 5.74) is 1.12. The topological polar surface area (TPSA) is 73.2 Å². The van der Waals surface area contributed by atoms with Gasteiger partial charge in [0.25, 0.3) is 11.5 Å². The number of methoxy groups -OCH3 is 1. The van der Waals surface area contributed by atoms with E-state index in [-0.39, 0.29) is 11.5 Å². The summed E-state index contributed by atoms with van der Waals surface area (Å²) in [5.74, 6) is 0.500. The molecule has 1 aromatic carbocycles. The summed E-state index contributed by atoms with van der Waals surface area (Å²) in [6, 6.07) is 9.95. The molecule has 0 aliphatic rings. The van der Waals surface area contributed by atoms with Crippen LogP contribution in [0.2, 0.25) is 0 Å². The molecule has 1 heterocycles. The van der Waals surface area contributed by atoms with E-state index in [9.17, 15) is 9.59 Å². The van der Waals surface area contributed by atoms with Gasteiger partial charge in [-0.1, -0.05) is 0 Å². The molecule has 0 radical (unpaired) electrons. The second-order valence-corrected chi connectivity index (χ2v) is 4.52. The molecule has 0 fully saturated rings. The van der Waals surface area contributed by atoms with Gasteiger partial charge < -0.3 is 10.1 Å². The van der Waals surface area contributed by atoms with Gasteiger partial charge in [0.15, 0.2) is 0 Å². The van der Waals surface area contributed by atoms with E-state index in [2.05, 4.69) is 10.4 Å². The highest BCUT2D eigenvalue weighted by molar-refractivity contribution is 5.94. The summed E-state index contributed by atoms with van der Waals surface area (Å²) < 4.78 is 6.37. The fourth-order valence-electron chi connectivity index (χ4n) is 1.83. The molecule has 0 saturated heterocycles. The smallest absolute Gasteiger partial charge is 0.266 e. The van der Waals surface area contributed by atoms with Crippen LogP contribution in [-0.4, -0.2) is 29.3 Å². The highest BCUT2D eigenvalue weighted by atomic mass is 16.5. The number of nitrogens with one attached hydrogen (secondary N) is 1. The maximum absolute atomic E-state index is 11.9. The van der Waals surface area contributed by atoms with Crippen molar-refractivity contribution in [2.75, 3.05) is 13.7 Å². The molecule has 1 amide bonds. The molecule has 0 spiro atoms. The van der Waals surface area contributed by atoms with Gasteiger partial charge >= 0.3 is 0 Å². The lowest BCUT2D eigenvalue weighted by atomic mass is 10.2. The predicted octanol–water partition coefficient (Wildman–Crippen LogP) is 0.990. The molecule has 1 N–H and O–H groups in total. The van der Waals surface area contributed by atoms with E-state index in [1.807, 2.05) is 6.92 Å². The summed E-state index contributed by atoms with van der Waals surface area (Å²) in [6.45, 7) is 2.48. The quantitative estimate of drug-likeness (QED) is 0.890. The molecule has 110 valence electrons. The van der Waals surface area contributed by atoms with E-state index in [0.29, 0.717) is 24.4 Å². The molecule has 2 rings (SSSR count). The van der Waals surface area contributed by atoms with Crippen molar-refractivity contribution in [2.45, 2.75) is 13.5 Å². The molecule has 2 aromatic rings. The average Bonchev–Trinajstić information content (AvgIpc) is 2.50. The molecule has 0 atom stereocenters. The first kappa shape index (κ1) is 14.8. The highest BCUT2D eigenvalue weighted by Crippen LogP contribution is 2.10. The largest absolute Gasteiger partial charge is 0.497 e. The van der Waals surface area contributed by atoms with E-state index in [1.165, 1.54) is 10.7 Å². The Balaban J connectivity index is 1.91. The number of amides is 1. The van der Waals surface area contributed by atoms with E-state index < -0.39 is 0 Å². The molecule has 1 aromatic heterocycles. The zero-order valence-electron chi connectivity index (χ0n) is 12.0. The number of aromatic nitrogens is 2. The molecule has 0 aliphatic heterocycles. The van der Waals surface area contributed by atoms with Gasteiger partial charge in [-0.05, 0) is 37.3 Å². The van der Waals surface area contributed by atoms with Crippen molar-refractivity contribution in [3.63, 3.8) is 0 Å². The van der Waals surface area contributed by atoms with Crippen LogP contribution in [0.5, 0.6) is 5.75 Å². The minimum Gasteiger partial charge on any atom is -0.497 e. The van der Waals surface area contributed by atoms with Crippen LogP contribution in [0.3, 0.4) is 0 Å². The van der Waals surface area contributed by atoms with Crippen LogP contribution in [0.1, 0.15) is 16.1 Å². The molecule has 0 aliphatic carbocycles. The van der Waals surface area contributed by atoms with Gasteiger partial charge in [0.05, 0.1) is 19.3 Å². The number of rotatable bonds is 5. The molecular weight excluding hydrogens is 270 g/mol. The number of hydrogen-bond acceptors (Lipinski definition) is 4. The Bertz CT molecular complexity index is 677. The lowest BCUT2D eigenvalue weighted by Crippen LogP contribution is -2.32. The van der Waals surface area contributed by atoms with E-state index in [0.717, 1.165) is 5.69 Å². The van der Waals surface area contributed by atoms with Crippen molar-refractivity contribution in [3.8, 4) is 5.75 Å². The second kappa shape index (κ2) is 6.69. The Kier molecular flexibility index (Phi) is 4.71. The maximum atomic E-state index is 11.9. The molecule has 6 nitrogen and oxygen atoms in total. The lowest BCUT2D eigenvalue weighted by Gasteiger charge is -2.07. The van der Waals surface area contributed by atoms with E-state index in [4.69, 9.17) is 4.74 Å².